The Balaban J connectivity index is 1.52. The summed E-state index contributed by atoms with van der Waals surface area (Å²) in [5.41, 5.74) is 4.81. The number of ether oxygens (including phenoxy) is 2. The second-order valence-corrected chi connectivity index (χ2v) is 7.27. The lowest BCUT2D eigenvalue weighted by atomic mass is 10.0. The zero-order chi connectivity index (χ0) is 21.2. The van der Waals surface area contributed by atoms with Crippen LogP contribution in [0.3, 0.4) is 0 Å². The quantitative estimate of drug-likeness (QED) is 0.449. The molecular weight excluding hydrogens is 392 g/mol. The van der Waals surface area contributed by atoms with Crippen LogP contribution in [-0.4, -0.2) is 17.9 Å². The van der Waals surface area contributed by atoms with Gasteiger partial charge in [-0.05, 0) is 36.2 Å². The van der Waals surface area contributed by atoms with Gasteiger partial charge in [0.15, 0.2) is 11.5 Å². The Kier molecular flexibility index (Phi) is 4.88. The molecule has 0 saturated heterocycles. The SMILES string of the molecule is Cc1nocc1C(=O)N(Cc1cccc2c1OCO2)c1ccc(-c2ccccc2)cc1. The van der Waals surface area contributed by atoms with Crippen LogP contribution in [0.15, 0.2) is 83.6 Å². The van der Waals surface area contributed by atoms with E-state index in [-0.39, 0.29) is 12.7 Å². The number of aromatic nitrogens is 1. The average molecular weight is 412 g/mol. The van der Waals surface area contributed by atoms with Gasteiger partial charge in [0, 0.05) is 11.3 Å². The highest BCUT2D eigenvalue weighted by atomic mass is 16.7. The van der Waals surface area contributed by atoms with Crippen LogP contribution < -0.4 is 14.4 Å². The predicted molar refractivity (Wildman–Crippen MR) is 116 cm³/mol. The van der Waals surface area contributed by atoms with Crippen LogP contribution in [0.5, 0.6) is 11.5 Å². The van der Waals surface area contributed by atoms with Crippen molar-refractivity contribution in [3.05, 3.63) is 95.9 Å². The van der Waals surface area contributed by atoms with Gasteiger partial charge in [-0.3, -0.25) is 4.79 Å². The Bertz CT molecular complexity index is 1220. The summed E-state index contributed by atoms with van der Waals surface area (Å²) in [5.74, 6) is 1.16. The van der Waals surface area contributed by atoms with Crippen LogP contribution in [0.1, 0.15) is 21.6 Å². The molecule has 0 saturated carbocycles. The number of benzene rings is 3. The Morgan fingerprint density at radius 1 is 0.935 bits per heavy atom. The monoisotopic (exact) mass is 412 g/mol. The van der Waals surface area contributed by atoms with E-state index >= 15 is 0 Å². The first-order valence-electron chi connectivity index (χ1n) is 9.96. The number of hydrogen-bond acceptors (Lipinski definition) is 5. The standard InChI is InChI=1S/C25H20N2O4/c1-17-22(15-31-26-17)25(28)27(14-20-8-5-9-23-24(20)30-16-29-23)21-12-10-19(11-13-21)18-6-3-2-4-7-18/h2-13,15H,14,16H2,1H3. The van der Waals surface area contributed by atoms with Gasteiger partial charge in [0.25, 0.3) is 5.91 Å². The second kappa shape index (κ2) is 7.99. The van der Waals surface area contributed by atoms with Crippen molar-refractivity contribution < 1.29 is 18.8 Å². The van der Waals surface area contributed by atoms with Gasteiger partial charge in [0.1, 0.15) is 11.8 Å². The number of carbonyl (C=O) groups excluding carboxylic acids is 1. The maximum Gasteiger partial charge on any atom is 0.263 e. The molecule has 0 spiro atoms. The summed E-state index contributed by atoms with van der Waals surface area (Å²) in [7, 11) is 0. The molecule has 0 bridgehead atoms. The first kappa shape index (κ1) is 18.9. The lowest BCUT2D eigenvalue weighted by Gasteiger charge is -2.23. The molecule has 5 rings (SSSR count). The summed E-state index contributed by atoms with van der Waals surface area (Å²) in [4.78, 5) is 15.1. The van der Waals surface area contributed by atoms with Gasteiger partial charge in [-0.1, -0.05) is 59.8 Å². The number of nitrogens with zero attached hydrogens (tertiary/aromatic N) is 2. The van der Waals surface area contributed by atoms with Crippen LogP contribution in [0.2, 0.25) is 0 Å². The number of aryl methyl sites for hydroxylation is 1. The fourth-order valence-electron chi connectivity index (χ4n) is 3.67. The minimum Gasteiger partial charge on any atom is -0.454 e. The number of anilines is 1. The highest BCUT2D eigenvalue weighted by molar-refractivity contribution is 6.06. The molecule has 1 amide bonds. The van der Waals surface area contributed by atoms with Gasteiger partial charge in [-0.25, -0.2) is 0 Å². The van der Waals surface area contributed by atoms with Crippen molar-refractivity contribution in [1.29, 1.82) is 0 Å². The summed E-state index contributed by atoms with van der Waals surface area (Å²) in [5, 5.41) is 3.87. The minimum absolute atomic E-state index is 0.177. The van der Waals surface area contributed by atoms with Crippen molar-refractivity contribution in [2.45, 2.75) is 13.5 Å². The van der Waals surface area contributed by atoms with Gasteiger partial charge < -0.3 is 18.9 Å². The molecule has 0 aliphatic carbocycles. The molecule has 0 N–H and O–H groups in total. The molecule has 6 heteroatoms. The van der Waals surface area contributed by atoms with E-state index in [0.717, 1.165) is 22.4 Å². The number of para-hydroxylation sites is 1. The van der Waals surface area contributed by atoms with E-state index in [4.69, 9.17) is 14.0 Å². The van der Waals surface area contributed by atoms with Gasteiger partial charge in [-0.2, -0.15) is 0 Å². The van der Waals surface area contributed by atoms with Crippen molar-refractivity contribution in [3.63, 3.8) is 0 Å². The van der Waals surface area contributed by atoms with Crippen LogP contribution in [0.25, 0.3) is 11.1 Å². The molecule has 1 aliphatic rings. The molecule has 1 aliphatic heterocycles. The third-order valence-electron chi connectivity index (χ3n) is 5.32. The molecule has 1 aromatic heterocycles. The molecule has 31 heavy (non-hydrogen) atoms. The largest absolute Gasteiger partial charge is 0.454 e. The molecule has 0 atom stereocenters. The van der Waals surface area contributed by atoms with Gasteiger partial charge in [0.05, 0.1) is 12.2 Å². The van der Waals surface area contributed by atoms with Crippen LogP contribution in [0, 0.1) is 6.92 Å². The van der Waals surface area contributed by atoms with E-state index in [9.17, 15) is 4.79 Å². The molecule has 3 aromatic carbocycles. The highest BCUT2D eigenvalue weighted by Gasteiger charge is 2.25. The fraction of sp³-hybridized carbons (Fsp3) is 0.120. The molecule has 6 nitrogen and oxygen atoms in total. The van der Waals surface area contributed by atoms with E-state index in [1.165, 1.54) is 6.26 Å². The zero-order valence-electron chi connectivity index (χ0n) is 16.9. The van der Waals surface area contributed by atoms with E-state index < -0.39 is 0 Å². The number of carbonyl (C=O) groups is 1. The smallest absolute Gasteiger partial charge is 0.263 e. The molecule has 0 fully saturated rings. The van der Waals surface area contributed by atoms with E-state index in [2.05, 4.69) is 17.3 Å². The normalized spacial score (nSPS) is 12.0. The Morgan fingerprint density at radius 3 is 2.45 bits per heavy atom. The summed E-state index contributed by atoms with van der Waals surface area (Å²) >= 11 is 0. The van der Waals surface area contributed by atoms with E-state index in [0.29, 0.717) is 29.3 Å². The van der Waals surface area contributed by atoms with Crippen LogP contribution in [0.4, 0.5) is 5.69 Å². The summed E-state index contributed by atoms with van der Waals surface area (Å²) in [6.07, 6.45) is 1.39. The average Bonchev–Trinajstić information content (AvgIpc) is 3.47. The van der Waals surface area contributed by atoms with Gasteiger partial charge >= 0.3 is 0 Å². The summed E-state index contributed by atoms with van der Waals surface area (Å²) in [6.45, 7) is 2.25. The molecule has 4 aromatic rings. The topological polar surface area (TPSA) is 64.8 Å². The highest BCUT2D eigenvalue weighted by Crippen LogP contribution is 2.37. The van der Waals surface area contributed by atoms with Crippen LogP contribution in [-0.2, 0) is 6.54 Å². The first-order chi connectivity index (χ1) is 15.2. The molecular formula is C25H20N2O4. The number of amides is 1. The predicted octanol–water partition coefficient (Wildman–Crippen LogP) is 5.23. The van der Waals surface area contributed by atoms with Crippen molar-refractivity contribution in [2.75, 3.05) is 11.7 Å². The number of fused-ring (bicyclic) bond motifs is 1. The van der Waals surface area contributed by atoms with Crippen molar-refractivity contribution in [1.82, 2.24) is 5.16 Å². The van der Waals surface area contributed by atoms with E-state index in [1.807, 2.05) is 60.7 Å². The lowest BCUT2D eigenvalue weighted by molar-refractivity contribution is 0.0984. The summed E-state index contributed by atoms with van der Waals surface area (Å²) < 4.78 is 16.2. The maximum absolute atomic E-state index is 13.4. The summed E-state index contributed by atoms with van der Waals surface area (Å²) in [6, 6.07) is 23.7. The van der Waals surface area contributed by atoms with Gasteiger partial charge in [-0.15, -0.1) is 0 Å². The molecule has 2 heterocycles. The Hall–Kier alpha value is -4.06. The fourth-order valence-corrected chi connectivity index (χ4v) is 3.67. The number of hydrogen-bond donors (Lipinski definition) is 0. The van der Waals surface area contributed by atoms with Crippen molar-refractivity contribution in [3.8, 4) is 22.6 Å². The first-order valence-corrected chi connectivity index (χ1v) is 9.96. The third-order valence-corrected chi connectivity index (χ3v) is 5.32. The maximum atomic E-state index is 13.4. The van der Waals surface area contributed by atoms with Gasteiger partial charge in [0.2, 0.25) is 6.79 Å². The molecule has 0 unspecified atom stereocenters. The molecule has 0 radical (unpaired) electrons. The second-order valence-electron chi connectivity index (χ2n) is 7.27. The van der Waals surface area contributed by atoms with Crippen molar-refractivity contribution in [2.24, 2.45) is 0 Å². The molecule has 154 valence electrons. The van der Waals surface area contributed by atoms with Crippen molar-refractivity contribution >= 4 is 11.6 Å². The minimum atomic E-state index is -0.192. The zero-order valence-corrected chi connectivity index (χ0v) is 16.9. The number of rotatable bonds is 5. The van der Waals surface area contributed by atoms with Crippen LogP contribution >= 0.6 is 0 Å². The van der Waals surface area contributed by atoms with E-state index in [1.54, 1.807) is 11.8 Å². The third kappa shape index (κ3) is 3.64. The lowest BCUT2D eigenvalue weighted by Crippen LogP contribution is -2.30. The Labute approximate surface area is 179 Å². The Morgan fingerprint density at radius 2 is 1.71 bits per heavy atom.